The molecule has 6 heteroatoms. The molecule has 10 rings (SSSR count). The SMILES string of the molecule is CCCc1ccc2c(c1CCC)c1ccc(Oc3[c-]c(N4[CH-]N(c5c(-c6cccc(C(C)(C)C)c6)cccc5-c5cc(C(C)(C)C)cc(C(C)(C)C)c5)c5ccccc54)ccc3)[c-]c1n2-c1cc(C(C)(C)C)ccn1.[Pt]. The summed E-state index contributed by atoms with van der Waals surface area (Å²) in [6.07, 6.45) is 6.16. The molecule has 0 unspecified atom stereocenters. The van der Waals surface area contributed by atoms with Crippen molar-refractivity contribution in [3.8, 4) is 39.6 Å². The second-order valence-electron chi connectivity index (χ2n) is 24.8. The molecular formula is C70H75N4OPt-3. The summed E-state index contributed by atoms with van der Waals surface area (Å²) in [5.74, 6) is 2.10. The van der Waals surface area contributed by atoms with Gasteiger partial charge in [0.05, 0.1) is 0 Å². The molecule has 394 valence electrons. The summed E-state index contributed by atoms with van der Waals surface area (Å²) in [4.78, 5) is 9.66. The number of nitrogens with zero attached hydrogens (tertiary/aromatic N) is 4. The largest absolute Gasteiger partial charge is 0.509 e. The predicted octanol–water partition coefficient (Wildman–Crippen LogP) is 19.4. The molecule has 0 aliphatic carbocycles. The minimum Gasteiger partial charge on any atom is -0.509 e. The summed E-state index contributed by atoms with van der Waals surface area (Å²) in [5, 5.41) is 2.44. The summed E-state index contributed by atoms with van der Waals surface area (Å²) in [6.45, 7) is 34.3. The van der Waals surface area contributed by atoms with E-state index in [0.717, 1.165) is 76.2 Å². The van der Waals surface area contributed by atoms with Gasteiger partial charge in [0, 0.05) is 72.5 Å². The maximum atomic E-state index is 6.86. The molecule has 5 nitrogen and oxygen atoms in total. The number of ether oxygens (including phenoxy) is 1. The molecule has 0 amide bonds. The fourth-order valence-corrected chi connectivity index (χ4v) is 10.8. The summed E-state index contributed by atoms with van der Waals surface area (Å²) < 4.78 is 9.15. The smallest absolute Gasteiger partial charge is 0.135 e. The maximum Gasteiger partial charge on any atom is 0.135 e. The zero-order valence-electron chi connectivity index (χ0n) is 47.3. The van der Waals surface area contributed by atoms with Crippen LogP contribution in [0.4, 0.5) is 22.7 Å². The third-order valence-corrected chi connectivity index (χ3v) is 15.0. The number of rotatable bonds is 11. The van der Waals surface area contributed by atoms with Crippen molar-refractivity contribution < 1.29 is 25.8 Å². The molecule has 0 atom stereocenters. The average Bonchev–Trinajstić information content (AvgIpc) is 3.97. The van der Waals surface area contributed by atoms with Crippen molar-refractivity contribution in [2.75, 3.05) is 9.80 Å². The van der Waals surface area contributed by atoms with Crippen LogP contribution >= 0.6 is 0 Å². The van der Waals surface area contributed by atoms with Gasteiger partial charge in [0.1, 0.15) is 5.82 Å². The molecule has 1 aliphatic heterocycles. The number of para-hydroxylation sites is 3. The number of aryl methyl sites for hydroxylation is 2. The van der Waals surface area contributed by atoms with Crippen molar-refractivity contribution in [1.29, 1.82) is 0 Å². The first-order valence-electron chi connectivity index (χ1n) is 27.2. The monoisotopic (exact) mass is 1180 g/mol. The summed E-state index contributed by atoms with van der Waals surface area (Å²) in [7, 11) is 0. The van der Waals surface area contributed by atoms with Crippen LogP contribution in [0.15, 0.2) is 146 Å². The predicted molar refractivity (Wildman–Crippen MR) is 318 cm³/mol. The number of benzene rings is 7. The standard InChI is InChI=1S/C70H75N4O.Pt/c1-15-22-46-32-35-62-65(56(46)23-16-2)59-34-33-55(44-63(59)74(62)64-42-50(36-37-71-64)68(6,7)8)75-54-27-20-26-53(43-54)72-45-73(61-31-18-17-30-60(61)72)66-57(47-24-19-25-49(38-47)67(3,4)5)28-21-29-58(66)48-39-51(69(9,10)11)41-52(40-48)70(12,13)14;/h17-21,24-42,45H,15-16,22-23H2,1-14H3;/q-3;. The van der Waals surface area contributed by atoms with Crippen LogP contribution in [-0.2, 0) is 55.6 Å². The topological polar surface area (TPSA) is 33.5 Å². The Labute approximate surface area is 468 Å². The van der Waals surface area contributed by atoms with Gasteiger partial charge in [0.2, 0.25) is 0 Å². The number of aromatic nitrogens is 2. The van der Waals surface area contributed by atoms with Crippen LogP contribution in [-0.4, -0.2) is 9.55 Å². The van der Waals surface area contributed by atoms with Crippen LogP contribution in [0.2, 0.25) is 0 Å². The van der Waals surface area contributed by atoms with Gasteiger partial charge in [-0.25, -0.2) is 4.98 Å². The Hall–Kier alpha value is -6.42. The summed E-state index contributed by atoms with van der Waals surface area (Å²) >= 11 is 0. The van der Waals surface area contributed by atoms with Gasteiger partial charge in [0.25, 0.3) is 0 Å². The first-order valence-corrected chi connectivity index (χ1v) is 27.2. The van der Waals surface area contributed by atoms with Gasteiger partial charge >= 0.3 is 0 Å². The van der Waals surface area contributed by atoms with Gasteiger partial charge in [0.15, 0.2) is 0 Å². The Morgan fingerprint density at radius 3 is 1.78 bits per heavy atom. The first-order chi connectivity index (χ1) is 35.6. The molecule has 0 fully saturated rings. The molecule has 9 aromatic rings. The minimum atomic E-state index is -0.0470. The fraction of sp³-hybridized carbons (Fsp3) is 0.314. The van der Waals surface area contributed by atoms with E-state index in [-0.39, 0.29) is 42.7 Å². The number of pyridine rings is 1. The summed E-state index contributed by atoms with van der Waals surface area (Å²) in [5.41, 5.74) is 18.8. The van der Waals surface area contributed by atoms with Crippen LogP contribution in [0.25, 0.3) is 49.9 Å². The maximum absolute atomic E-state index is 6.86. The normalized spacial score (nSPS) is 13.1. The van der Waals surface area contributed by atoms with E-state index in [4.69, 9.17) is 9.72 Å². The molecule has 2 aromatic heterocycles. The molecule has 76 heavy (non-hydrogen) atoms. The van der Waals surface area contributed by atoms with Gasteiger partial charge in [-0.3, -0.25) is 0 Å². The van der Waals surface area contributed by atoms with Crippen LogP contribution in [0, 0.1) is 18.8 Å². The van der Waals surface area contributed by atoms with Crippen LogP contribution < -0.4 is 14.5 Å². The van der Waals surface area contributed by atoms with E-state index in [9.17, 15) is 0 Å². The second-order valence-corrected chi connectivity index (χ2v) is 24.8. The summed E-state index contributed by atoms with van der Waals surface area (Å²) in [6, 6.07) is 58.8. The van der Waals surface area contributed by atoms with E-state index in [1.165, 1.54) is 55.5 Å². The zero-order valence-corrected chi connectivity index (χ0v) is 49.5. The Morgan fingerprint density at radius 1 is 0.526 bits per heavy atom. The van der Waals surface area contributed by atoms with E-state index in [1.807, 2.05) is 12.3 Å². The van der Waals surface area contributed by atoms with Gasteiger partial charge in [-0.1, -0.05) is 194 Å². The van der Waals surface area contributed by atoms with Crippen molar-refractivity contribution in [2.24, 2.45) is 0 Å². The molecule has 0 radical (unpaired) electrons. The molecule has 0 spiro atoms. The van der Waals surface area contributed by atoms with E-state index in [0.29, 0.717) is 11.5 Å². The van der Waals surface area contributed by atoms with Gasteiger partial charge in [-0.05, 0) is 115 Å². The quantitative estimate of drug-likeness (QED) is 0.121. The molecule has 0 bridgehead atoms. The van der Waals surface area contributed by atoms with E-state index in [1.54, 1.807) is 0 Å². The Morgan fingerprint density at radius 2 is 1.12 bits per heavy atom. The number of hydrogen-bond donors (Lipinski definition) is 0. The molecule has 0 saturated heterocycles. The third-order valence-electron chi connectivity index (χ3n) is 15.0. The molecular weight excluding hydrogens is 1110 g/mol. The number of anilines is 4. The van der Waals surface area contributed by atoms with E-state index < -0.39 is 0 Å². The number of hydrogen-bond acceptors (Lipinski definition) is 4. The zero-order chi connectivity index (χ0) is 53.2. The minimum absolute atomic E-state index is 0. The molecule has 0 saturated carbocycles. The van der Waals surface area contributed by atoms with Crippen LogP contribution in [0.5, 0.6) is 11.5 Å². The first kappa shape index (κ1) is 54.4. The molecule has 3 heterocycles. The van der Waals surface area contributed by atoms with Gasteiger partial charge in [-0.15, -0.1) is 48.1 Å². The Balaban J connectivity index is 0.00000706. The van der Waals surface area contributed by atoms with Crippen LogP contribution in [0.3, 0.4) is 0 Å². The van der Waals surface area contributed by atoms with Crippen molar-refractivity contribution >= 4 is 44.6 Å². The van der Waals surface area contributed by atoms with Crippen molar-refractivity contribution in [2.45, 2.75) is 144 Å². The second kappa shape index (κ2) is 20.8. The molecule has 0 N–H and O–H groups in total. The van der Waals surface area contributed by atoms with Crippen molar-refractivity contribution in [3.63, 3.8) is 0 Å². The Kier molecular flexibility index (Phi) is 14.9. The van der Waals surface area contributed by atoms with Crippen molar-refractivity contribution in [1.82, 2.24) is 9.55 Å². The van der Waals surface area contributed by atoms with Crippen LogP contribution in [0.1, 0.15) is 143 Å². The van der Waals surface area contributed by atoms with Gasteiger partial charge in [-0.2, -0.15) is 12.1 Å². The molecule has 7 aromatic carbocycles. The van der Waals surface area contributed by atoms with Crippen molar-refractivity contribution in [3.05, 3.63) is 198 Å². The van der Waals surface area contributed by atoms with Gasteiger partial charge < -0.3 is 19.1 Å². The van der Waals surface area contributed by atoms with E-state index >= 15 is 0 Å². The average molecular weight is 1180 g/mol. The number of fused-ring (bicyclic) bond motifs is 4. The molecule has 1 aliphatic rings. The Bertz CT molecular complexity index is 3560. The fourth-order valence-electron chi connectivity index (χ4n) is 10.8. The third kappa shape index (κ3) is 10.5. The van der Waals surface area contributed by atoms with E-state index in [2.05, 4.69) is 264 Å².